The quantitative estimate of drug-likeness (QED) is 0.877. The van der Waals surface area contributed by atoms with E-state index in [4.69, 9.17) is 5.73 Å². The van der Waals surface area contributed by atoms with E-state index >= 15 is 0 Å². The van der Waals surface area contributed by atoms with E-state index in [2.05, 4.69) is 29.4 Å². The summed E-state index contributed by atoms with van der Waals surface area (Å²) in [6.07, 6.45) is 5.09. The van der Waals surface area contributed by atoms with Crippen molar-refractivity contribution in [1.29, 1.82) is 0 Å². The zero-order valence-corrected chi connectivity index (χ0v) is 10.8. The van der Waals surface area contributed by atoms with E-state index in [1.54, 1.807) is 0 Å². The molecule has 0 bridgehead atoms. The van der Waals surface area contributed by atoms with Crippen LogP contribution in [0.4, 0.5) is 0 Å². The topological polar surface area (TPSA) is 43.8 Å². The summed E-state index contributed by atoms with van der Waals surface area (Å²) in [6.45, 7) is 0.499. The van der Waals surface area contributed by atoms with Gasteiger partial charge < -0.3 is 5.73 Å². The minimum absolute atomic E-state index is 0.499. The zero-order valence-electron chi connectivity index (χ0n) is 10.8. The second-order valence-corrected chi connectivity index (χ2v) is 5.04. The van der Waals surface area contributed by atoms with Crippen molar-refractivity contribution in [2.45, 2.75) is 32.2 Å². The predicted molar refractivity (Wildman–Crippen MR) is 73.2 cm³/mol. The summed E-state index contributed by atoms with van der Waals surface area (Å²) in [6, 6.07) is 8.90. The van der Waals surface area contributed by atoms with Crippen LogP contribution in [0.2, 0.25) is 0 Å². The second-order valence-electron chi connectivity index (χ2n) is 5.04. The van der Waals surface area contributed by atoms with E-state index in [1.807, 2.05) is 11.7 Å². The molecule has 0 spiro atoms. The molecule has 94 valence electrons. The molecule has 0 fully saturated rings. The standard InChI is InChI=1S/C15H19N3/c1-18-15(9-14(10-16)17-18)13-7-6-11-4-2-3-5-12(11)8-13/h6-9H,2-5,10,16H2,1H3. The van der Waals surface area contributed by atoms with Crippen LogP contribution in [0.3, 0.4) is 0 Å². The fourth-order valence-electron chi connectivity index (χ4n) is 2.79. The van der Waals surface area contributed by atoms with Gasteiger partial charge >= 0.3 is 0 Å². The van der Waals surface area contributed by atoms with Crippen LogP contribution in [0.1, 0.15) is 29.7 Å². The number of nitrogens with two attached hydrogens (primary N) is 1. The van der Waals surface area contributed by atoms with Gasteiger partial charge in [0.2, 0.25) is 0 Å². The first-order valence-corrected chi connectivity index (χ1v) is 6.63. The highest BCUT2D eigenvalue weighted by Crippen LogP contribution is 2.27. The lowest BCUT2D eigenvalue weighted by molar-refractivity contribution is 0.685. The highest BCUT2D eigenvalue weighted by Gasteiger charge is 2.12. The fourth-order valence-corrected chi connectivity index (χ4v) is 2.79. The lowest BCUT2D eigenvalue weighted by atomic mass is 9.90. The number of nitrogens with zero attached hydrogens (tertiary/aromatic N) is 2. The Morgan fingerprint density at radius 3 is 2.67 bits per heavy atom. The molecule has 0 radical (unpaired) electrons. The van der Waals surface area contributed by atoms with E-state index in [-0.39, 0.29) is 0 Å². The molecule has 1 aliphatic carbocycles. The third-order valence-electron chi connectivity index (χ3n) is 3.78. The largest absolute Gasteiger partial charge is 0.325 e. The summed E-state index contributed by atoms with van der Waals surface area (Å²) in [5.74, 6) is 0. The summed E-state index contributed by atoms with van der Waals surface area (Å²) in [4.78, 5) is 0. The number of fused-ring (bicyclic) bond motifs is 1. The second kappa shape index (κ2) is 4.58. The molecule has 3 heteroatoms. The third-order valence-corrected chi connectivity index (χ3v) is 3.78. The Morgan fingerprint density at radius 2 is 1.94 bits per heavy atom. The molecule has 3 rings (SSSR count). The molecule has 0 saturated heterocycles. The Morgan fingerprint density at radius 1 is 1.17 bits per heavy atom. The van der Waals surface area contributed by atoms with Gasteiger partial charge in [-0.15, -0.1) is 0 Å². The molecular weight excluding hydrogens is 222 g/mol. The SMILES string of the molecule is Cn1nc(CN)cc1-c1ccc2c(c1)CCCC2. The van der Waals surface area contributed by atoms with E-state index in [0.717, 1.165) is 11.4 Å². The summed E-state index contributed by atoms with van der Waals surface area (Å²) in [5.41, 5.74) is 12.0. The summed E-state index contributed by atoms with van der Waals surface area (Å²) < 4.78 is 1.92. The van der Waals surface area contributed by atoms with Crippen molar-refractivity contribution in [2.24, 2.45) is 12.8 Å². The van der Waals surface area contributed by atoms with Gasteiger partial charge in [-0.05, 0) is 48.9 Å². The minimum Gasteiger partial charge on any atom is -0.325 e. The Kier molecular flexibility index (Phi) is 2.92. The van der Waals surface area contributed by atoms with Crippen molar-refractivity contribution in [3.8, 4) is 11.3 Å². The maximum atomic E-state index is 5.65. The average Bonchev–Trinajstić information content (AvgIpc) is 2.79. The van der Waals surface area contributed by atoms with Crippen LogP contribution in [0.5, 0.6) is 0 Å². The van der Waals surface area contributed by atoms with Gasteiger partial charge in [-0.1, -0.05) is 12.1 Å². The lowest BCUT2D eigenvalue weighted by Crippen LogP contribution is -2.03. The molecule has 2 aromatic rings. The molecular formula is C15H19N3. The number of aryl methyl sites for hydroxylation is 3. The van der Waals surface area contributed by atoms with E-state index in [1.165, 1.54) is 42.4 Å². The smallest absolute Gasteiger partial charge is 0.0766 e. The minimum atomic E-state index is 0.499. The van der Waals surface area contributed by atoms with E-state index in [0.29, 0.717) is 6.54 Å². The zero-order chi connectivity index (χ0) is 12.5. The normalized spacial score (nSPS) is 14.6. The summed E-state index contributed by atoms with van der Waals surface area (Å²) in [5, 5.41) is 4.41. The van der Waals surface area contributed by atoms with Crippen molar-refractivity contribution < 1.29 is 0 Å². The van der Waals surface area contributed by atoms with Crippen molar-refractivity contribution in [3.63, 3.8) is 0 Å². The molecule has 2 N–H and O–H groups in total. The predicted octanol–water partition coefficient (Wildman–Crippen LogP) is 2.42. The van der Waals surface area contributed by atoms with Crippen LogP contribution in [0.25, 0.3) is 11.3 Å². The molecule has 0 unspecified atom stereocenters. The summed E-state index contributed by atoms with van der Waals surface area (Å²) in [7, 11) is 1.98. The van der Waals surface area contributed by atoms with Gasteiger partial charge in [-0.25, -0.2) is 0 Å². The number of hydrogen-bond acceptors (Lipinski definition) is 2. The van der Waals surface area contributed by atoms with Gasteiger partial charge in [-0.3, -0.25) is 4.68 Å². The van der Waals surface area contributed by atoms with E-state index < -0.39 is 0 Å². The van der Waals surface area contributed by atoms with Crippen LogP contribution in [0, 0.1) is 0 Å². The van der Waals surface area contributed by atoms with Crippen molar-refractivity contribution in [2.75, 3.05) is 0 Å². The number of hydrogen-bond donors (Lipinski definition) is 1. The van der Waals surface area contributed by atoms with Crippen LogP contribution in [-0.4, -0.2) is 9.78 Å². The number of benzene rings is 1. The fraction of sp³-hybridized carbons (Fsp3) is 0.400. The molecule has 1 heterocycles. The Bertz CT molecular complexity index is 569. The lowest BCUT2D eigenvalue weighted by Gasteiger charge is -2.16. The molecule has 0 amide bonds. The Balaban J connectivity index is 2.03. The monoisotopic (exact) mass is 241 g/mol. The first-order valence-electron chi connectivity index (χ1n) is 6.63. The number of rotatable bonds is 2. The molecule has 0 aliphatic heterocycles. The molecule has 0 atom stereocenters. The Hall–Kier alpha value is -1.61. The van der Waals surface area contributed by atoms with Crippen molar-refractivity contribution in [1.82, 2.24) is 9.78 Å². The Labute approximate surface area is 108 Å². The van der Waals surface area contributed by atoms with Crippen LogP contribution < -0.4 is 5.73 Å². The average molecular weight is 241 g/mol. The van der Waals surface area contributed by atoms with Gasteiger partial charge in [0.15, 0.2) is 0 Å². The molecule has 1 aromatic carbocycles. The summed E-state index contributed by atoms with van der Waals surface area (Å²) >= 11 is 0. The maximum Gasteiger partial charge on any atom is 0.0766 e. The highest BCUT2D eigenvalue weighted by molar-refractivity contribution is 5.62. The molecule has 3 nitrogen and oxygen atoms in total. The third kappa shape index (κ3) is 1.95. The van der Waals surface area contributed by atoms with Gasteiger partial charge in [0.25, 0.3) is 0 Å². The van der Waals surface area contributed by atoms with Crippen LogP contribution in [0.15, 0.2) is 24.3 Å². The first-order chi connectivity index (χ1) is 8.78. The molecule has 1 aliphatic rings. The van der Waals surface area contributed by atoms with Crippen molar-refractivity contribution in [3.05, 3.63) is 41.1 Å². The number of aromatic nitrogens is 2. The highest BCUT2D eigenvalue weighted by atomic mass is 15.3. The molecule has 18 heavy (non-hydrogen) atoms. The van der Waals surface area contributed by atoms with Crippen LogP contribution >= 0.6 is 0 Å². The van der Waals surface area contributed by atoms with Gasteiger partial charge in [0, 0.05) is 19.2 Å². The molecule has 0 saturated carbocycles. The van der Waals surface area contributed by atoms with Gasteiger partial charge in [0.1, 0.15) is 0 Å². The first kappa shape index (κ1) is 11.5. The maximum absolute atomic E-state index is 5.65. The van der Waals surface area contributed by atoms with Crippen LogP contribution in [-0.2, 0) is 26.4 Å². The van der Waals surface area contributed by atoms with Crippen molar-refractivity contribution >= 4 is 0 Å². The van der Waals surface area contributed by atoms with Gasteiger partial charge in [-0.2, -0.15) is 5.10 Å². The molecule has 1 aromatic heterocycles. The van der Waals surface area contributed by atoms with E-state index in [9.17, 15) is 0 Å². The van der Waals surface area contributed by atoms with Gasteiger partial charge in [0.05, 0.1) is 11.4 Å².